The predicted molar refractivity (Wildman–Crippen MR) is 125 cm³/mol. The molecule has 0 bridgehead atoms. The van der Waals surface area contributed by atoms with Gasteiger partial charge in [0.05, 0.1) is 18.4 Å². The summed E-state index contributed by atoms with van der Waals surface area (Å²) in [6.45, 7) is 7.34. The Morgan fingerprint density at radius 1 is 0.733 bits per heavy atom. The van der Waals surface area contributed by atoms with E-state index in [1.165, 1.54) is 57.8 Å². The number of unbranched alkanes of at least 4 members (excludes halogenated alkanes) is 8. The number of aromatic nitrogens is 2. The molecule has 0 fully saturated rings. The van der Waals surface area contributed by atoms with E-state index in [0.29, 0.717) is 12.5 Å². The molecule has 2 rings (SSSR count). The van der Waals surface area contributed by atoms with Crippen molar-refractivity contribution in [1.82, 2.24) is 10.2 Å². The highest BCUT2D eigenvalue weighted by atomic mass is 16.5. The first-order valence-corrected chi connectivity index (χ1v) is 12.0. The smallest absolute Gasteiger partial charge is 0.233 e. The summed E-state index contributed by atoms with van der Waals surface area (Å²) in [6.07, 6.45) is 14.0. The first-order chi connectivity index (χ1) is 14.7. The molecule has 1 unspecified atom stereocenters. The van der Waals surface area contributed by atoms with Crippen molar-refractivity contribution in [2.75, 3.05) is 6.61 Å². The van der Waals surface area contributed by atoms with Gasteiger partial charge in [-0.05, 0) is 56.5 Å². The van der Waals surface area contributed by atoms with Crippen molar-refractivity contribution >= 4 is 0 Å². The Bertz CT molecular complexity index is 670. The quantitative estimate of drug-likeness (QED) is 0.266. The molecule has 0 spiro atoms. The van der Waals surface area contributed by atoms with Crippen molar-refractivity contribution in [3.8, 4) is 22.9 Å². The molecular formula is C26H40N2O2. The third-order valence-electron chi connectivity index (χ3n) is 5.34. The summed E-state index contributed by atoms with van der Waals surface area (Å²) in [7, 11) is 0. The molecule has 0 saturated carbocycles. The maximum absolute atomic E-state index is 6.03. The summed E-state index contributed by atoms with van der Waals surface area (Å²) in [5, 5.41) is 8.54. The van der Waals surface area contributed by atoms with E-state index >= 15 is 0 Å². The molecule has 4 heteroatoms. The van der Waals surface area contributed by atoms with E-state index in [2.05, 4.69) is 31.0 Å². The number of hydrogen-bond donors (Lipinski definition) is 0. The van der Waals surface area contributed by atoms with Gasteiger partial charge >= 0.3 is 0 Å². The fourth-order valence-corrected chi connectivity index (χ4v) is 3.46. The van der Waals surface area contributed by atoms with Gasteiger partial charge in [0.2, 0.25) is 5.88 Å². The van der Waals surface area contributed by atoms with Gasteiger partial charge in [-0.15, -0.1) is 10.2 Å². The second-order valence-corrected chi connectivity index (χ2v) is 8.18. The number of hydrogen-bond acceptors (Lipinski definition) is 4. The van der Waals surface area contributed by atoms with Crippen LogP contribution in [-0.2, 0) is 0 Å². The van der Waals surface area contributed by atoms with E-state index in [4.69, 9.17) is 9.47 Å². The van der Waals surface area contributed by atoms with Crippen LogP contribution in [0.5, 0.6) is 11.6 Å². The van der Waals surface area contributed by atoms with E-state index in [0.717, 1.165) is 29.8 Å². The number of rotatable bonds is 16. The molecule has 4 nitrogen and oxygen atoms in total. The monoisotopic (exact) mass is 412 g/mol. The molecule has 30 heavy (non-hydrogen) atoms. The van der Waals surface area contributed by atoms with Gasteiger partial charge < -0.3 is 9.47 Å². The lowest BCUT2D eigenvalue weighted by Crippen LogP contribution is -2.11. The largest absolute Gasteiger partial charge is 0.491 e. The Labute approximate surface area is 183 Å². The van der Waals surface area contributed by atoms with Crippen LogP contribution in [0.4, 0.5) is 0 Å². The zero-order valence-electron chi connectivity index (χ0n) is 19.2. The Kier molecular flexibility index (Phi) is 11.9. The molecule has 0 amide bonds. The SMILES string of the molecule is CCCCCCCCOc1ccc(-c2ccc(OC(C)CCCCCC)cc2)nn1. The molecule has 1 aromatic carbocycles. The van der Waals surface area contributed by atoms with Crippen LogP contribution in [0.3, 0.4) is 0 Å². The topological polar surface area (TPSA) is 44.2 Å². The van der Waals surface area contributed by atoms with Gasteiger partial charge in [0.1, 0.15) is 5.75 Å². The van der Waals surface area contributed by atoms with E-state index in [-0.39, 0.29) is 6.10 Å². The summed E-state index contributed by atoms with van der Waals surface area (Å²) in [6, 6.07) is 12.0. The van der Waals surface area contributed by atoms with Crippen LogP contribution in [0.15, 0.2) is 36.4 Å². The lowest BCUT2D eigenvalue weighted by molar-refractivity contribution is 0.206. The minimum atomic E-state index is 0.246. The van der Waals surface area contributed by atoms with E-state index in [1.807, 2.05) is 36.4 Å². The second-order valence-electron chi connectivity index (χ2n) is 8.18. The summed E-state index contributed by atoms with van der Waals surface area (Å²) in [4.78, 5) is 0. The van der Waals surface area contributed by atoms with Gasteiger partial charge in [0.15, 0.2) is 0 Å². The van der Waals surface area contributed by atoms with Crippen molar-refractivity contribution in [1.29, 1.82) is 0 Å². The zero-order valence-corrected chi connectivity index (χ0v) is 19.2. The predicted octanol–water partition coefficient (Wildman–Crippen LogP) is 7.62. The highest BCUT2D eigenvalue weighted by Gasteiger charge is 2.06. The van der Waals surface area contributed by atoms with Crippen LogP contribution in [0, 0.1) is 0 Å². The average Bonchev–Trinajstić information content (AvgIpc) is 2.77. The molecule has 166 valence electrons. The van der Waals surface area contributed by atoms with Gasteiger partial charge in [-0.2, -0.15) is 0 Å². The maximum atomic E-state index is 6.03. The van der Waals surface area contributed by atoms with Crippen LogP contribution in [0.25, 0.3) is 11.3 Å². The highest BCUT2D eigenvalue weighted by Crippen LogP contribution is 2.23. The molecule has 0 aliphatic carbocycles. The van der Waals surface area contributed by atoms with Crippen molar-refractivity contribution in [2.45, 2.75) is 97.5 Å². The van der Waals surface area contributed by atoms with Gasteiger partial charge in [0.25, 0.3) is 0 Å². The molecule has 1 heterocycles. The molecule has 0 saturated heterocycles. The van der Waals surface area contributed by atoms with Crippen LogP contribution in [0.1, 0.15) is 91.4 Å². The Morgan fingerprint density at radius 2 is 1.40 bits per heavy atom. The fraction of sp³-hybridized carbons (Fsp3) is 0.615. The normalized spacial score (nSPS) is 12.0. The first-order valence-electron chi connectivity index (χ1n) is 12.0. The second kappa shape index (κ2) is 14.8. The van der Waals surface area contributed by atoms with Crippen molar-refractivity contribution in [3.05, 3.63) is 36.4 Å². The Morgan fingerprint density at radius 3 is 2.07 bits per heavy atom. The molecule has 1 atom stereocenters. The maximum Gasteiger partial charge on any atom is 0.233 e. The van der Waals surface area contributed by atoms with Crippen LogP contribution >= 0.6 is 0 Å². The summed E-state index contributed by atoms with van der Waals surface area (Å²) in [5.74, 6) is 1.51. The molecule has 2 aromatic rings. The van der Waals surface area contributed by atoms with Crippen molar-refractivity contribution < 1.29 is 9.47 Å². The van der Waals surface area contributed by atoms with E-state index in [9.17, 15) is 0 Å². The minimum Gasteiger partial charge on any atom is -0.491 e. The minimum absolute atomic E-state index is 0.246. The number of benzene rings is 1. The zero-order chi connectivity index (χ0) is 21.4. The third-order valence-corrected chi connectivity index (χ3v) is 5.34. The fourth-order valence-electron chi connectivity index (χ4n) is 3.46. The Balaban J connectivity index is 1.73. The van der Waals surface area contributed by atoms with Gasteiger partial charge in [-0.25, -0.2) is 0 Å². The van der Waals surface area contributed by atoms with Crippen molar-refractivity contribution in [2.24, 2.45) is 0 Å². The lowest BCUT2D eigenvalue weighted by atomic mass is 10.1. The van der Waals surface area contributed by atoms with Crippen LogP contribution in [0.2, 0.25) is 0 Å². The van der Waals surface area contributed by atoms with Crippen LogP contribution < -0.4 is 9.47 Å². The van der Waals surface area contributed by atoms with E-state index in [1.54, 1.807) is 0 Å². The van der Waals surface area contributed by atoms with Crippen LogP contribution in [-0.4, -0.2) is 22.9 Å². The highest BCUT2D eigenvalue weighted by molar-refractivity contribution is 5.59. The third kappa shape index (κ3) is 9.60. The number of nitrogens with zero attached hydrogens (tertiary/aromatic N) is 2. The van der Waals surface area contributed by atoms with Crippen molar-refractivity contribution in [3.63, 3.8) is 0 Å². The standard InChI is InChI=1S/C26H40N2O2/c1-4-6-8-10-11-13-21-29-26-20-19-25(27-28-26)23-15-17-24(18-16-23)30-22(3)14-12-9-7-5-2/h15-20,22H,4-14,21H2,1-3H3. The van der Waals surface area contributed by atoms with E-state index < -0.39 is 0 Å². The first kappa shape index (κ1) is 24.2. The van der Waals surface area contributed by atoms with Gasteiger partial charge in [0, 0.05) is 11.6 Å². The molecule has 0 radical (unpaired) electrons. The summed E-state index contributed by atoms with van der Waals surface area (Å²) in [5.41, 5.74) is 1.88. The van der Waals surface area contributed by atoms with Gasteiger partial charge in [-0.1, -0.05) is 65.2 Å². The van der Waals surface area contributed by atoms with Gasteiger partial charge in [-0.3, -0.25) is 0 Å². The molecule has 1 aromatic heterocycles. The molecule has 0 aliphatic rings. The summed E-state index contributed by atoms with van der Waals surface area (Å²) < 4.78 is 11.8. The molecular weight excluding hydrogens is 372 g/mol. The average molecular weight is 413 g/mol. The Hall–Kier alpha value is -2.10. The molecule has 0 aliphatic heterocycles. The lowest BCUT2D eigenvalue weighted by Gasteiger charge is -2.15. The molecule has 0 N–H and O–H groups in total. The summed E-state index contributed by atoms with van der Waals surface area (Å²) >= 11 is 0. The number of ether oxygens (including phenoxy) is 2.